The molecule has 2 heterocycles. The molecule has 2 N–H and O–H groups in total. The number of nitrogens with one attached hydrogen (secondary N) is 2. The molecule has 0 bridgehead atoms. The molecule has 0 radical (unpaired) electrons. The Morgan fingerprint density at radius 1 is 1.11 bits per heavy atom. The molecule has 2 atom stereocenters. The first-order chi connectivity index (χ1) is 12.5. The van der Waals surface area contributed by atoms with Gasteiger partial charge in [0.05, 0.1) is 6.10 Å². The van der Waals surface area contributed by atoms with Crippen molar-refractivity contribution in [2.24, 2.45) is 16.3 Å². The normalized spacial score (nSPS) is 28.5. The second kappa shape index (κ2) is 10.6. The molecule has 6 heteroatoms. The van der Waals surface area contributed by atoms with Crippen molar-refractivity contribution in [3.63, 3.8) is 0 Å². The predicted octanol–water partition coefficient (Wildman–Crippen LogP) is 3.63. The summed E-state index contributed by atoms with van der Waals surface area (Å²) in [6, 6.07) is 1.46. The zero-order chi connectivity index (χ0) is 18.6. The molecule has 2 aliphatic heterocycles. The fourth-order valence-corrected chi connectivity index (χ4v) is 4.56. The number of halogens is 1. The van der Waals surface area contributed by atoms with Gasteiger partial charge in [-0.05, 0) is 50.9 Å². The van der Waals surface area contributed by atoms with E-state index in [1.807, 2.05) is 0 Å². The van der Waals surface area contributed by atoms with E-state index < -0.39 is 0 Å². The predicted molar refractivity (Wildman–Crippen MR) is 124 cm³/mol. The second-order valence-corrected chi connectivity index (χ2v) is 9.47. The summed E-state index contributed by atoms with van der Waals surface area (Å²) in [5.41, 5.74) is 0.183. The number of aliphatic imine (C=N–C) groups is 1. The monoisotopic (exact) mass is 492 g/mol. The summed E-state index contributed by atoms with van der Waals surface area (Å²) in [4.78, 5) is 7.64. The molecule has 0 aromatic rings. The molecule has 1 saturated carbocycles. The second-order valence-electron chi connectivity index (χ2n) is 9.47. The standard InChI is InChI=1S/C21H40N4O.HI/c1-5-22-20(24-17-10-12-25(13-11-17)18-8-9-18)23-15-16-7-6-14-26-19(16)21(2,3)4;/h16-19H,5-15H2,1-4H3,(H2,22,23,24);1H. The van der Waals surface area contributed by atoms with Crippen molar-refractivity contribution in [2.75, 3.05) is 32.8 Å². The lowest BCUT2D eigenvalue weighted by molar-refractivity contribution is -0.0823. The van der Waals surface area contributed by atoms with E-state index in [4.69, 9.17) is 9.73 Å². The van der Waals surface area contributed by atoms with Gasteiger partial charge >= 0.3 is 0 Å². The van der Waals surface area contributed by atoms with Gasteiger partial charge in [-0.25, -0.2) is 0 Å². The van der Waals surface area contributed by atoms with Crippen molar-refractivity contribution in [1.82, 2.24) is 15.5 Å². The number of rotatable bonds is 5. The van der Waals surface area contributed by atoms with Gasteiger partial charge in [-0.3, -0.25) is 4.99 Å². The summed E-state index contributed by atoms with van der Waals surface area (Å²) in [5.74, 6) is 1.52. The Kier molecular flexibility index (Phi) is 9.13. The molecule has 3 aliphatic rings. The van der Waals surface area contributed by atoms with Crippen LogP contribution in [0.1, 0.15) is 66.2 Å². The maximum absolute atomic E-state index is 6.12. The number of likely N-dealkylation sites (tertiary alicyclic amines) is 1. The minimum absolute atomic E-state index is 0. The molecule has 0 aromatic heterocycles. The Morgan fingerprint density at radius 2 is 1.81 bits per heavy atom. The van der Waals surface area contributed by atoms with Crippen LogP contribution in [0.15, 0.2) is 4.99 Å². The van der Waals surface area contributed by atoms with Gasteiger partial charge < -0.3 is 20.3 Å². The number of ether oxygens (including phenoxy) is 1. The highest BCUT2D eigenvalue weighted by Gasteiger charge is 2.35. The molecule has 2 unspecified atom stereocenters. The van der Waals surface area contributed by atoms with Crippen molar-refractivity contribution in [3.8, 4) is 0 Å². The lowest BCUT2D eigenvalue weighted by Gasteiger charge is -2.39. The molecule has 3 fully saturated rings. The first kappa shape index (κ1) is 23.2. The van der Waals surface area contributed by atoms with Crippen LogP contribution in [0, 0.1) is 11.3 Å². The molecule has 27 heavy (non-hydrogen) atoms. The third-order valence-corrected chi connectivity index (χ3v) is 6.06. The van der Waals surface area contributed by atoms with Crippen LogP contribution in [-0.2, 0) is 4.74 Å². The van der Waals surface area contributed by atoms with Gasteiger partial charge in [0.25, 0.3) is 0 Å². The zero-order valence-electron chi connectivity index (χ0n) is 17.8. The highest BCUT2D eigenvalue weighted by Crippen LogP contribution is 2.34. The summed E-state index contributed by atoms with van der Waals surface area (Å²) in [5, 5.41) is 7.16. The number of guanidine groups is 1. The van der Waals surface area contributed by atoms with Crippen molar-refractivity contribution in [3.05, 3.63) is 0 Å². The minimum Gasteiger partial charge on any atom is -0.377 e. The molecule has 0 spiro atoms. The molecule has 0 aromatic carbocycles. The topological polar surface area (TPSA) is 48.9 Å². The maximum Gasteiger partial charge on any atom is 0.191 e. The molecule has 5 nitrogen and oxygen atoms in total. The summed E-state index contributed by atoms with van der Waals surface area (Å²) in [6.45, 7) is 14.2. The van der Waals surface area contributed by atoms with Crippen LogP contribution in [0.25, 0.3) is 0 Å². The van der Waals surface area contributed by atoms with Crippen molar-refractivity contribution in [2.45, 2.75) is 84.4 Å². The van der Waals surface area contributed by atoms with Crippen LogP contribution >= 0.6 is 24.0 Å². The molecular formula is C21H41IN4O. The Bertz CT molecular complexity index is 467. The third kappa shape index (κ3) is 7.03. The lowest BCUT2D eigenvalue weighted by atomic mass is 9.78. The van der Waals surface area contributed by atoms with Gasteiger partial charge in [0.1, 0.15) is 0 Å². The van der Waals surface area contributed by atoms with Gasteiger partial charge in [-0.15, -0.1) is 24.0 Å². The van der Waals surface area contributed by atoms with Crippen LogP contribution in [0.4, 0.5) is 0 Å². The number of piperidine rings is 1. The highest BCUT2D eigenvalue weighted by molar-refractivity contribution is 14.0. The first-order valence-corrected chi connectivity index (χ1v) is 10.9. The summed E-state index contributed by atoms with van der Waals surface area (Å²) in [7, 11) is 0. The van der Waals surface area contributed by atoms with Crippen molar-refractivity contribution >= 4 is 29.9 Å². The Hall–Kier alpha value is -0.0800. The Labute approximate surface area is 183 Å². The average molecular weight is 492 g/mol. The Morgan fingerprint density at radius 3 is 2.41 bits per heavy atom. The van der Waals surface area contributed by atoms with Gasteiger partial charge in [-0.2, -0.15) is 0 Å². The van der Waals surface area contributed by atoms with E-state index in [0.717, 1.165) is 38.1 Å². The largest absolute Gasteiger partial charge is 0.377 e. The molecule has 3 rings (SSSR count). The smallest absolute Gasteiger partial charge is 0.191 e. The summed E-state index contributed by atoms with van der Waals surface area (Å²) in [6.07, 6.45) is 8.00. The number of hydrogen-bond donors (Lipinski definition) is 2. The summed E-state index contributed by atoms with van der Waals surface area (Å²) < 4.78 is 6.12. The SMILES string of the molecule is CCNC(=NCC1CCCOC1C(C)(C)C)NC1CCN(C2CC2)CC1.I. The van der Waals surface area contributed by atoms with Gasteiger partial charge in [-0.1, -0.05) is 20.8 Å². The molecule has 0 amide bonds. The van der Waals surface area contributed by atoms with Gasteiger partial charge in [0.15, 0.2) is 5.96 Å². The van der Waals surface area contributed by atoms with E-state index in [1.165, 1.54) is 45.2 Å². The van der Waals surface area contributed by atoms with Crippen LogP contribution in [-0.4, -0.2) is 61.8 Å². The number of hydrogen-bond acceptors (Lipinski definition) is 3. The quantitative estimate of drug-likeness (QED) is 0.350. The molecule has 1 aliphatic carbocycles. The molecule has 158 valence electrons. The van der Waals surface area contributed by atoms with E-state index in [2.05, 4.69) is 43.2 Å². The van der Waals surface area contributed by atoms with Crippen molar-refractivity contribution in [1.29, 1.82) is 0 Å². The van der Waals surface area contributed by atoms with Crippen LogP contribution in [0.3, 0.4) is 0 Å². The van der Waals surface area contributed by atoms with E-state index >= 15 is 0 Å². The number of nitrogens with zero attached hydrogens (tertiary/aromatic N) is 2. The summed E-state index contributed by atoms with van der Waals surface area (Å²) >= 11 is 0. The lowest BCUT2D eigenvalue weighted by Crippen LogP contribution is -2.49. The first-order valence-electron chi connectivity index (χ1n) is 10.9. The van der Waals surface area contributed by atoms with E-state index in [-0.39, 0.29) is 29.4 Å². The molecular weight excluding hydrogens is 451 g/mol. The Balaban J connectivity index is 0.00000261. The third-order valence-electron chi connectivity index (χ3n) is 6.06. The van der Waals surface area contributed by atoms with E-state index in [0.29, 0.717) is 18.1 Å². The van der Waals surface area contributed by atoms with Gasteiger partial charge in [0, 0.05) is 50.8 Å². The molecule has 2 saturated heterocycles. The maximum atomic E-state index is 6.12. The van der Waals surface area contributed by atoms with Crippen LogP contribution in [0.5, 0.6) is 0 Å². The zero-order valence-corrected chi connectivity index (χ0v) is 20.1. The minimum atomic E-state index is 0. The average Bonchev–Trinajstić information content (AvgIpc) is 3.45. The van der Waals surface area contributed by atoms with E-state index in [1.54, 1.807) is 0 Å². The van der Waals surface area contributed by atoms with Gasteiger partial charge in [0.2, 0.25) is 0 Å². The van der Waals surface area contributed by atoms with Crippen LogP contribution in [0.2, 0.25) is 0 Å². The van der Waals surface area contributed by atoms with Crippen molar-refractivity contribution < 1.29 is 4.74 Å². The van der Waals surface area contributed by atoms with E-state index in [9.17, 15) is 0 Å². The fraction of sp³-hybridized carbons (Fsp3) is 0.952. The van der Waals surface area contributed by atoms with Crippen LogP contribution < -0.4 is 10.6 Å². The fourth-order valence-electron chi connectivity index (χ4n) is 4.56. The highest BCUT2D eigenvalue weighted by atomic mass is 127.